The Morgan fingerprint density at radius 3 is 1.62 bits per heavy atom. The third-order valence-corrected chi connectivity index (χ3v) is 5.00. The molecule has 0 aliphatic heterocycles. The number of para-hydroxylation sites is 1. The second-order valence-electron chi connectivity index (χ2n) is 6.49. The molecule has 4 aromatic rings. The van der Waals surface area contributed by atoms with E-state index in [2.05, 4.69) is 18.8 Å². The lowest BCUT2D eigenvalue weighted by Crippen LogP contribution is -1.93. The smallest absolute Gasteiger partial charge is 0.180 e. The van der Waals surface area contributed by atoms with Crippen LogP contribution in [0.3, 0.4) is 0 Å². The molecule has 4 nitrogen and oxygen atoms in total. The molecule has 0 unspecified atom stereocenters. The maximum Gasteiger partial charge on any atom is 0.180 e. The molecule has 4 rings (SSSR count). The van der Waals surface area contributed by atoms with Gasteiger partial charge in [-0.3, -0.25) is 0 Å². The van der Waals surface area contributed by atoms with Crippen LogP contribution >= 0.6 is 11.3 Å². The molecule has 5 heteroatoms. The van der Waals surface area contributed by atoms with E-state index in [4.69, 9.17) is 15.2 Å². The van der Waals surface area contributed by atoms with Crippen molar-refractivity contribution in [2.24, 2.45) is 0 Å². The van der Waals surface area contributed by atoms with Crippen LogP contribution in [0.2, 0.25) is 0 Å². The van der Waals surface area contributed by atoms with Crippen LogP contribution < -0.4 is 15.2 Å². The highest BCUT2D eigenvalue weighted by molar-refractivity contribution is 7.13. The number of thiazole rings is 1. The van der Waals surface area contributed by atoms with Crippen molar-refractivity contribution < 1.29 is 9.47 Å². The number of rotatable bonds is 5. The van der Waals surface area contributed by atoms with Crippen LogP contribution in [0.5, 0.6) is 23.0 Å². The topological polar surface area (TPSA) is 57.4 Å². The van der Waals surface area contributed by atoms with Gasteiger partial charge >= 0.3 is 0 Å². The van der Waals surface area contributed by atoms with Gasteiger partial charge in [-0.05, 0) is 73.5 Å². The van der Waals surface area contributed by atoms with Gasteiger partial charge in [-0.15, -0.1) is 11.3 Å². The first-order chi connectivity index (χ1) is 15.6. The Bertz CT molecular complexity index is 1070. The Morgan fingerprint density at radius 1 is 0.688 bits per heavy atom. The molecule has 0 aliphatic rings. The largest absolute Gasteiger partial charge is 0.457 e. The number of aromatic nitrogens is 1. The summed E-state index contributed by atoms with van der Waals surface area (Å²) in [5.74, 6) is 3.12. The number of anilines is 1. The predicted octanol–water partition coefficient (Wildman–Crippen LogP) is 8.65. The summed E-state index contributed by atoms with van der Waals surface area (Å²) < 4.78 is 11.9. The minimum atomic E-state index is 0.576. The summed E-state index contributed by atoms with van der Waals surface area (Å²) in [5, 5.41) is 2.56. The Kier molecular flexibility index (Phi) is 9.76. The zero-order valence-corrected chi connectivity index (χ0v) is 20.5. The van der Waals surface area contributed by atoms with Crippen LogP contribution in [-0.4, -0.2) is 4.98 Å². The summed E-state index contributed by atoms with van der Waals surface area (Å²) in [5.41, 5.74) is 10.00. The molecular formula is C27H32N2O2S. The Morgan fingerprint density at radius 2 is 1.16 bits per heavy atom. The van der Waals surface area contributed by atoms with E-state index < -0.39 is 0 Å². The first kappa shape index (κ1) is 25.0. The van der Waals surface area contributed by atoms with E-state index >= 15 is 0 Å². The average Bonchev–Trinajstić information content (AvgIpc) is 3.24. The van der Waals surface area contributed by atoms with E-state index in [1.165, 1.54) is 11.3 Å². The first-order valence-electron chi connectivity index (χ1n) is 10.9. The number of hydrogen-bond acceptors (Lipinski definition) is 5. The fraction of sp³-hybridized carbons (Fsp3) is 0.222. The lowest BCUT2D eigenvalue weighted by molar-refractivity contribution is 0.469. The van der Waals surface area contributed by atoms with Crippen LogP contribution in [0.1, 0.15) is 38.8 Å². The number of ether oxygens (including phenoxy) is 2. The van der Waals surface area contributed by atoms with E-state index in [0.717, 1.165) is 45.4 Å². The number of nitrogens with two attached hydrogens (primary N) is 1. The molecule has 0 fully saturated rings. The van der Waals surface area contributed by atoms with Crippen LogP contribution in [0.15, 0.2) is 72.1 Å². The van der Waals surface area contributed by atoms with Gasteiger partial charge in [-0.25, -0.2) is 4.98 Å². The van der Waals surface area contributed by atoms with Gasteiger partial charge in [0, 0.05) is 10.9 Å². The number of aryl methyl sites for hydroxylation is 2. The van der Waals surface area contributed by atoms with Crippen molar-refractivity contribution >= 4 is 16.5 Å². The molecule has 3 aromatic carbocycles. The van der Waals surface area contributed by atoms with E-state index in [1.807, 2.05) is 99.8 Å². The fourth-order valence-corrected chi connectivity index (χ4v) is 3.68. The SMILES string of the molecule is CC.CC.Cc1cc(Oc2ccc(Oc3ccccc3)cc2)cc(C)c1-c1csc(N)n1. The summed E-state index contributed by atoms with van der Waals surface area (Å²) in [4.78, 5) is 4.40. The summed E-state index contributed by atoms with van der Waals surface area (Å²) in [6, 6.07) is 21.3. The van der Waals surface area contributed by atoms with Crippen molar-refractivity contribution in [1.29, 1.82) is 0 Å². The molecule has 0 saturated heterocycles. The normalized spacial score (nSPS) is 9.69. The number of nitrogens with zero attached hydrogens (tertiary/aromatic N) is 1. The van der Waals surface area contributed by atoms with Crippen LogP contribution in [0, 0.1) is 13.8 Å². The molecule has 0 atom stereocenters. The molecule has 0 amide bonds. The molecule has 0 spiro atoms. The summed E-state index contributed by atoms with van der Waals surface area (Å²) in [7, 11) is 0. The monoisotopic (exact) mass is 448 g/mol. The highest BCUT2D eigenvalue weighted by Crippen LogP contribution is 2.34. The highest BCUT2D eigenvalue weighted by Gasteiger charge is 2.12. The fourth-order valence-electron chi connectivity index (χ4n) is 3.13. The van der Waals surface area contributed by atoms with E-state index in [-0.39, 0.29) is 0 Å². The first-order valence-corrected chi connectivity index (χ1v) is 11.8. The van der Waals surface area contributed by atoms with Crippen molar-refractivity contribution in [3.63, 3.8) is 0 Å². The molecule has 1 heterocycles. The Hall–Kier alpha value is -3.31. The molecule has 0 saturated carbocycles. The summed E-state index contributed by atoms with van der Waals surface area (Å²) in [6.07, 6.45) is 0. The molecule has 1 aromatic heterocycles. The second kappa shape index (κ2) is 12.5. The van der Waals surface area contributed by atoms with Crippen molar-refractivity contribution in [1.82, 2.24) is 4.98 Å². The molecule has 0 bridgehead atoms. The maximum absolute atomic E-state index is 6.04. The predicted molar refractivity (Wildman–Crippen MR) is 137 cm³/mol. The van der Waals surface area contributed by atoms with Crippen molar-refractivity contribution in [3.8, 4) is 34.3 Å². The minimum absolute atomic E-state index is 0.576. The van der Waals surface area contributed by atoms with Crippen LogP contribution in [0.25, 0.3) is 11.3 Å². The lowest BCUT2D eigenvalue weighted by atomic mass is 10.0. The van der Waals surface area contributed by atoms with Gasteiger partial charge in [0.15, 0.2) is 5.13 Å². The summed E-state index contributed by atoms with van der Waals surface area (Å²) >= 11 is 1.45. The highest BCUT2D eigenvalue weighted by atomic mass is 32.1. The molecule has 0 aliphatic carbocycles. The number of nitrogen functional groups attached to an aromatic ring is 1. The zero-order chi connectivity index (χ0) is 23.5. The van der Waals surface area contributed by atoms with Gasteiger partial charge in [0.2, 0.25) is 0 Å². The molecule has 0 radical (unpaired) electrons. The van der Waals surface area contributed by atoms with Crippen LogP contribution in [0.4, 0.5) is 5.13 Å². The van der Waals surface area contributed by atoms with Crippen molar-refractivity contribution in [3.05, 3.63) is 83.2 Å². The van der Waals surface area contributed by atoms with Gasteiger partial charge in [0.25, 0.3) is 0 Å². The maximum atomic E-state index is 6.04. The average molecular weight is 449 g/mol. The number of hydrogen-bond donors (Lipinski definition) is 1. The van der Waals surface area contributed by atoms with Gasteiger partial charge in [0.1, 0.15) is 23.0 Å². The Balaban J connectivity index is 0.000000860. The third kappa shape index (κ3) is 6.59. The molecule has 32 heavy (non-hydrogen) atoms. The van der Waals surface area contributed by atoms with E-state index in [9.17, 15) is 0 Å². The van der Waals surface area contributed by atoms with Gasteiger partial charge < -0.3 is 15.2 Å². The van der Waals surface area contributed by atoms with E-state index in [1.54, 1.807) is 0 Å². The molecular weight excluding hydrogens is 416 g/mol. The number of benzene rings is 3. The van der Waals surface area contributed by atoms with E-state index in [0.29, 0.717) is 5.13 Å². The van der Waals surface area contributed by atoms with Crippen molar-refractivity contribution in [2.75, 3.05) is 5.73 Å². The third-order valence-electron chi connectivity index (χ3n) is 4.32. The Labute approximate surface area is 195 Å². The van der Waals surface area contributed by atoms with Crippen molar-refractivity contribution in [2.45, 2.75) is 41.5 Å². The quantitative estimate of drug-likeness (QED) is 0.332. The minimum Gasteiger partial charge on any atom is -0.457 e. The van der Waals surface area contributed by atoms with Crippen LogP contribution in [-0.2, 0) is 0 Å². The van der Waals surface area contributed by atoms with Gasteiger partial charge in [-0.1, -0.05) is 45.9 Å². The molecule has 2 N–H and O–H groups in total. The zero-order valence-electron chi connectivity index (χ0n) is 19.7. The molecule has 168 valence electrons. The van der Waals surface area contributed by atoms with Gasteiger partial charge in [-0.2, -0.15) is 0 Å². The summed E-state index contributed by atoms with van der Waals surface area (Å²) in [6.45, 7) is 12.1. The second-order valence-corrected chi connectivity index (χ2v) is 7.38. The lowest BCUT2D eigenvalue weighted by Gasteiger charge is -2.12. The van der Waals surface area contributed by atoms with Gasteiger partial charge in [0.05, 0.1) is 5.69 Å². The standard InChI is InChI=1S/C23H20N2O2S.2C2H6/c1-15-12-20(13-16(2)22(15)21-14-28-23(24)25-21)27-19-10-8-18(9-11-19)26-17-6-4-3-5-7-17;2*1-2/h3-14H,1-2H3,(H2,24,25);2*1-2H3.